The van der Waals surface area contributed by atoms with Crippen LogP contribution in [0.25, 0.3) is 0 Å². The van der Waals surface area contributed by atoms with Crippen LogP contribution < -0.4 is 0 Å². The van der Waals surface area contributed by atoms with E-state index in [0.717, 1.165) is 32.4 Å². The number of nitrogens with zero attached hydrogens (tertiary/aromatic N) is 3. The van der Waals surface area contributed by atoms with E-state index in [2.05, 4.69) is 34.3 Å². The second kappa shape index (κ2) is 5.80. The number of likely N-dealkylation sites (tertiary alicyclic amines) is 1. The van der Waals surface area contributed by atoms with Crippen molar-refractivity contribution in [2.24, 2.45) is 0 Å². The first-order valence-corrected chi connectivity index (χ1v) is 8.72. The van der Waals surface area contributed by atoms with Crippen molar-refractivity contribution in [3.05, 3.63) is 48.3 Å². The molecule has 2 aliphatic heterocycles. The van der Waals surface area contributed by atoms with E-state index in [1.54, 1.807) is 18.0 Å². The van der Waals surface area contributed by atoms with E-state index in [4.69, 9.17) is 0 Å². The molecule has 1 fully saturated rings. The first-order chi connectivity index (χ1) is 10.8. The first-order valence-electron chi connectivity index (χ1n) is 7.84. The van der Waals surface area contributed by atoms with Crippen molar-refractivity contribution in [3.8, 4) is 0 Å². The zero-order valence-electron chi connectivity index (χ0n) is 12.4. The van der Waals surface area contributed by atoms with E-state index < -0.39 is 0 Å². The summed E-state index contributed by atoms with van der Waals surface area (Å²) in [6.07, 6.45) is 6.81. The summed E-state index contributed by atoms with van der Waals surface area (Å²) in [5.41, 5.74) is 1.31. The van der Waals surface area contributed by atoms with Gasteiger partial charge in [0.1, 0.15) is 0 Å². The van der Waals surface area contributed by atoms with Crippen molar-refractivity contribution in [1.29, 1.82) is 0 Å². The molecule has 2 aromatic rings. The van der Waals surface area contributed by atoms with Crippen LogP contribution in [0.4, 0.5) is 0 Å². The molecule has 1 saturated heterocycles. The Hall–Kier alpha value is -1.75. The standard InChI is InChI=1S/C17H19N3OS/c21-17(16-11-13-5-1-2-7-15(13)22-16)20-10-3-6-14(20)12-19-9-4-8-18-19/h1-2,4-5,7-9,14,16H,3,6,10-12H2/t14-,16-/m0/s1. The summed E-state index contributed by atoms with van der Waals surface area (Å²) < 4.78 is 1.94. The molecule has 0 bridgehead atoms. The number of amides is 1. The van der Waals surface area contributed by atoms with Gasteiger partial charge in [-0.3, -0.25) is 9.48 Å². The molecule has 0 aliphatic carbocycles. The smallest absolute Gasteiger partial charge is 0.236 e. The number of carbonyl (C=O) groups excluding carboxylic acids is 1. The molecular weight excluding hydrogens is 294 g/mol. The van der Waals surface area contributed by atoms with Gasteiger partial charge in [-0.2, -0.15) is 5.10 Å². The summed E-state index contributed by atoms with van der Waals surface area (Å²) in [5.74, 6) is 0.302. The fourth-order valence-electron chi connectivity index (χ4n) is 3.44. The van der Waals surface area contributed by atoms with Crippen molar-refractivity contribution >= 4 is 17.7 Å². The monoisotopic (exact) mass is 313 g/mol. The number of benzene rings is 1. The van der Waals surface area contributed by atoms with Crippen LogP contribution in [-0.4, -0.2) is 38.4 Å². The van der Waals surface area contributed by atoms with Crippen molar-refractivity contribution in [1.82, 2.24) is 14.7 Å². The molecule has 0 saturated carbocycles. The number of rotatable bonds is 3. The Morgan fingerprint density at radius 3 is 3.05 bits per heavy atom. The largest absolute Gasteiger partial charge is 0.337 e. The SMILES string of the molecule is O=C([C@@H]1Cc2ccccc2S1)N1CCC[C@H]1Cn1cccn1. The Labute approximate surface area is 134 Å². The van der Waals surface area contributed by atoms with Gasteiger partial charge >= 0.3 is 0 Å². The maximum Gasteiger partial charge on any atom is 0.236 e. The molecule has 3 heterocycles. The van der Waals surface area contributed by atoms with E-state index in [0.29, 0.717) is 5.91 Å². The van der Waals surface area contributed by atoms with E-state index >= 15 is 0 Å². The summed E-state index contributed by atoms with van der Waals surface area (Å²) in [4.78, 5) is 16.3. The zero-order chi connectivity index (χ0) is 14.9. The average Bonchev–Trinajstić information content (AvgIpc) is 3.27. The predicted molar refractivity (Wildman–Crippen MR) is 86.8 cm³/mol. The lowest BCUT2D eigenvalue weighted by atomic mass is 10.1. The van der Waals surface area contributed by atoms with Crippen molar-refractivity contribution in [3.63, 3.8) is 0 Å². The number of hydrogen-bond acceptors (Lipinski definition) is 3. The van der Waals surface area contributed by atoms with Gasteiger partial charge in [0.05, 0.1) is 17.8 Å². The van der Waals surface area contributed by atoms with E-state index in [1.165, 1.54) is 10.5 Å². The van der Waals surface area contributed by atoms with E-state index in [-0.39, 0.29) is 11.3 Å². The van der Waals surface area contributed by atoms with Crippen LogP contribution in [0.3, 0.4) is 0 Å². The molecule has 2 aliphatic rings. The van der Waals surface area contributed by atoms with Crippen LogP contribution in [0.2, 0.25) is 0 Å². The fourth-order valence-corrected chi connectivity index (χ4v) is 4.71. The molecule has 1 amide bonds. The first kappa shape index (κ1) is 13.9. The number of thioether (sulfide) groups is 1. The Morgan fingerprint density at radius 2 is 2.23 bits per heavy atom. The summed E-state index contributed by atoms with van der Waals surface area (Å²) in [6, 6.07) is 10.6. The molecule has 0 unspecified atom stereocenters. The molecule has 0 radical (unpaired) electrons. The minimum Gasteiger partial charge on any atom is -0.337 e. The minimum absolute atomic E-state index is 0.0515. The highest BCUT2D eigenvalue weighted by molar-refractivity contribution is 8.01. The highest BCUT2D eigenvalue weighted by atomic mass is 32.2. The van der Waals surface area contributed by atoms with Crippen LogP contribution in [0.1, 0.15) is 18.4 Å². The predicted octanol–water partition coefficient (Wildman–Crippen LogP) is 2.59. The van der Waals surface area contributed by atoms with Crippen molar-refractivity contribution in [2.75, 3.05) is 6.54 Å². The van der Waals surface area contributed by atoms with Crippen LogP contribution in [-0.2, 0) is 17.8 Å². The van der Waals surface area contributed by atoms with Gasteiger partial charge in [0.15, 0.2) is 0 Å². The molecular formula is C17H19N3OS. The molecule has 4 nitrogen and oxygen atoms in total. The molecule has 2 atom stereocenters. The maximum atomic E-state index is 12.9. The third-order valence-electron chi connectivity index (χ3n) is 4.54. The van der Waals surface area contributed by atoms with E-state index in [9.17, 15) is 4.79 Å². The number of fused-ring (bicyclic) bond motifs is 1. The maximum absolute atomic E-state index is 12.9. The Balaban J connectivity index is 1.46. The number of carbonyl (C=O) groups is 1. The van der Waals surface area contributed by atoms with Gasteiger partial charge in [-0.1, -0.05) is 18.2 Å². The molecule has 0 N–H and O–H groups in total. The van der Waals surface area contributed by atoms with Gasteiger partial charge in [0.2, 0.25) is 5.91 Å². The van der Waals surface area contributed by atoms with Gasteiger partial charge in [-0.25, -0.2) is 0 Å². The third-order valence-corrected chi connectivity index (χ3v) is 5.84. The Morgan fingerprint density at radius 1 is 1.32 bits per heavy atom. The molecule has 1 aromatic heterocycles. The molecule has 4 rings (SSSR count). The normalized spacial score (nSPS) is 23.7. The number of aromatic nitrogens is 2. The Bertz CT molecular complexity index is 645. The molecule has 1 aromatic carbocycles. The van der Waals surface area contributed by atoms with Crippen LogP contribution >= 0.6 is 11.8 Å². The summed E-state index contributed by atoms with van der Waals surface area (Å²) >= 11 is 1.73. The third kappa shape index (κ3) is 2.54. The quantitative estimate of drug-likeness (QED) is 0.874. The van der Waals surface area contributed by atoms with Crippen molar-refractivity contribution < 1.29 is 4.79 Å². The Kier molecular flexibility index (Phi) is 3.66. The van der Waals surface area contributed by atoms with Crippen LogP contribution in [0, 0.1) is 0 Å². The van der Waals surface area contributed by atoms with Gasteiger partial charge in [0.25, 0.3) is 0 Å². The van der Waals surface area contributed by atoms with Gasteiger partial charge in [0, 0.05) is 23.8 Å². The molecule has 22 heavy (non-hydrogen) atoms. The molecule has 5 heteroatoms. The van der Waals surface area contributed by atoms with Gasteiger partial charge in [-0.15, -0.1) is 11.8 Å². The minimum atomic E-state index is 0.0515. The summed E-state index contributed by atoms with van der Waals surface area (Å²) in [6.45, 7) is 1.70. The lowest BCUT2D eigenvalue weighted by Gasteiger charge is -2.27. The summed E-state index contributed by atoms with van der Waals surface area (Å²) in [7, 11) is 0. The van der Waals surface area contributed by atoms with Crippen molar-refractivity contribution in [2.45, 2.75) is 42.0 Å². The number of hydrogen-bond donors (Lipinski definition) is 0. The zero-order valence-corrected chi connectivity index (χ0v) is 13.2. The summed E-state index contributed by atoms with van der Waals surface area (Å²) in [5, 5.41) is 4.33. The average molecular weight is 313 g/mol. The molecule has 0 spiro atoms. The highest BCUT2D eigenvalue weighted by Gasteiger charge is 2.36. The topological polar surface area (TPSA) is 38.1 Å². The van der Waals surface area contributed by atoms with Crippen LogP contribution in [0.5, 0.6) is 0 Å². The fraction of sp³-hybridized carbons (Fsp3) is 0.412. The van der Waals surface area contributed by atoms with Gasteiger partial charge in [-0.05, 0) is 37.0 Å². The second-order valence-corrected chi connectivity index (χ2v) is 7.22. The second-order valence-electron chi connectivity index (χ2n) is 5.97. The lowest BCUT2D eigenvalue weighted by Crippen LogP contribution is -2.42. The van der Waals surface area contributed by atoms with E-state index in [1.807, 2.05) is 16.9 Å². The highest BCUT2D eigenvalue weighted by Crippen LogP contribution is 2.38. The molecule has 114 valence electrons. The van der Waals surface area contributed by atoms with Crippen LogP contribution in [0.15, 0.2) is 47.6 Å². The lowest BCUT2D eigenvalue weighted by molar-refractivity contribution is -0.131. The van der Waals surface area contributed by atoms with Gasteiger partial charge < -0.3 is 4.90 Å².